The van der Waals surface area contributed by atoms with Gasteiger partial charge in [0.1, 0.15) is 10.3 Å². The second kappa shape index (κ2) is 9.97. The normalized spacial score (nSPS) is 17.3. The molecule has 0 spiro atoms. The summed E-state index contributed by atoms with van der Waals surface area (Å²) in [5, 5.41) is 9.29. The fourth-order valence-corrected chi connectivity index (χ4v) is 6.82. The van der Waals surface area contributed by atoms with Crippen molar-refractivity contribution in [1.82, 2.24) is 19.4 Å². The number of nitrogens with one attached hydrogen (secondary N) is 1. The first kappa shape index (κ1) is 22.7. The summed E-state index contributed by atoms with van der Waals surface area (Å²) in [7, 11) is -3.64. The first-order valence-corrected chi connectivity index (χ1v) is 13.2. The van der Waals surface area contributed by atoms with Gasteiger partial charge in [0.15, 0.2) is 0 Å². The van der Waals surface area contributed by atoms with E-state index in [1.54, 1.807) is 17.5 Å². The molecule has 1 aliphatic heterocycles. The van der Waals surface area contributed by atoms with Crippen LogP contribution in [0.4, 0.5) is 0 Å². The molecule has 7 nitrogen and oxygen atoms in total. The van der Waals surface area contributed by atoms with Crippen molar-refractivity contribution in [2.45, 2.75) is 49.3 Å². The van der Waals surface area contributed by atoms with Gasteiger partial charge in [0.25, 0.3) is 10.0 Å². The van der Waals surface area contributed by atoms with E-state index in [9.17, 15) is 13.2 Å². The van der Waals surface area contributed by atoms with Crippen LogP contribution in [0.5, 0.6) is 0 Å². The number of hydrogen-bond donors (Lipinski definition) is 1. The molecule has 0 aliphatic carbocycles. The van der Waals surface area contributed by atoms with Crippen molar-refractivity contribution in [3.05, 3.63) is 65.3 Å². The molecule has 1 aromatic carbocycles. The number of amides is 1. The molecule has 0 radical (unpaired) electrons. The predicted molar refractivity (Wildman–Crippen MR) is 125 cm³/mol. The van der Waals surface area contributed by atoms with Crippen molar-refractivity contribution >= 4 is 27.3 Å². The molecule has 3 heterocycles. The van der Waals surface area contributed by atoms with Gasteiger partial charge in [0, 0.05) is 19.3 Å². The zero-order valence-electron chi connectivity index (χ0n) is 18.1. The van der Waals surface area contributed by atoms with E-state index in [1.807, 2.05) is 48.1 Å². The third-order valence-electron chi connectivity index (χ3n) is 5.76. The summed E-state index contributed by atoms with van der Waals surface area (Å²) in [5.41, 5.74) is 3.13. The van der Waals surface area contributed by atoms with E-state index in [2.05, 4.69) is 10.4 Å². The molecule has 0 saturated carbocycles. The van der Waals surface area contributed by atoms with Crippen LogP contribution in [0.25, 0.3) is 5.69 Å². The van der Waals surface area contributed by atoms with Crippen molar-refractivity contribution in [3.63, 3.8) is 0 Å². The van der Waals surface area contributed by atoms with Gasteiger partial charge in [-0.3, -0.25) is 4.79 Å². The molecular weight excluding hydrogens is 444 g/mol. The van der Waals surface area contributed by atoms with E-state index in [-0.39, 0.29) is 5.91 Å². The molecule has 0 bridgehead atoms. The van der Waals surface area contributed by atoms with E-state index in [0.717, 1.165) is 42.6 Å². The van der Waals surface area contributed by atoms with Gasteiger partial charge in [0.2, 0.25) is 5.91 Å². The summed E-state index contributed by atoms with van der Waals surface area (Å²) in [4.78, 5) is 12.9. The Morgan fingerprint density at radius 3 is 2.75 bits per heavy atom. The number of aromatic nitrogens is 2. The number of nitrogens with zero attached hydrogens (tertiary/aromatic N) is 3. The largest absolute Gasteiger partial charge is 0.355 e. The topological polar surface area (TPSA) is 84.3 Å². The van der Waals surface area contributed by atoms with Crippen molar-refractivity contribution in [3.8, 4) is 5.69 Å². The number of carbonyl (C=O) groups is 1. The summed E-state index contributed by atoms with van der Waals surface area (Å²) < 4.78 is 29.5. The number of thiophene rings is 1. The third kappa shape index (κ3) is 4.95. The number of benzene rings is 1. The highest BCUT2D eigenvalue weighted by Crippen LogP contribution is 2.28. The monoisotopic (exact) mass is 472 g/mol. The van der Waals surface area contributed by atoms with Crippen LogP contribution in [0, 0.1) is 6.92 Å². The van der Waals surface area contributed by atoms with Crippen LogP contribution in [-0.4, -0.2) is 47.5 Å². The maximum Gasteiger partial charge on any atom is 0.253 e. The fourth-order valence-electron chi connectivity index (χ4n) is 4.04. The number of carbonyl (C=O) groups excluding carboxylic acids is 1. The summed E-state index contributed by atoms with van der Waals surface area (Å²) in [6, 6.07) is 12.6. The molecule has 9 heteroatoms. The number of sulfonamides is 1. The van der Waals surface area contributed by atoms with Gasteiger partial charge in [0.05, 0.1) is 11.4 Å². The molecule has 2 aromatic heterocycles. The van der Waals surface area contributed by atoms with Crippen LogP contribution in [0.3, 0.4) is 0 Å². The van der Waals surface area contributed by atoms with Gasteiger partial charge < -0.3 is 5.32 Å². The first-order chi connectivity index (χ1) is 15.5. The van der Waals surface area contributed by atoms with Crippen LogP contribution in [0.2, 0.25) is 0 Å². The second-order valence-corrected chi connectivity index (χ2v) is 11.0. The molecule has 3 aromatic rings. The SMILES string of the molecule is Cc1nn(-c2ccccc2)cc1CCCNC(=O)C1CCCCN1S(=O)(=O)c1cccs1. The molecule has 170 valence electrons. The summed E-state index contributed by atoms with van der Waals surface area (Å²) in [5.74, 6) is -0.207. The van der Waals surface area contributed by atoms with Crippen LogP contribution >= 0.6 is 11.3 Å². The number of para-hydroxylation sites is 1. The minimum absolute atomic E-state index is 0.207. The summed E-state index contributed by atoms with van der Waals surface area (Å²) >= 11 is 1.19. The molecule has 4 rings (SSSR count). The lowest BCUT2D eigenvalue weighted by Gasteiger charge is -2.33. The lowest BCUT2D eigenvalue weighted by Crippen LogP contribution is -2.51. The lowest BCUT2D eigenvalue weighted by atomic mass is 10.0. The van der Waals surface area contributed by atoms with Gasteiger partial charge in [-0.25, -0.2) is 13.1 Å². The van der Waals surface area contributed by atoms with Gasteiger partial charge >= 0.3 is 0 Å². The number of rotatable bonds is 8. The first-order valence-electron chi connectivity index (χ1n) is 10.9. The Hall–Kier alpha value is -2.49. The molecule has 1 atom stereocenters. The number of aryl methyl sites for hydroxylation is 2. The van der Waals surface area contributed by atoms with E-state index in [0.29, 0.717) is 23.7 Å². The minimum Gasteiger partial charge on any atom is -0.355 e. The van der Waals surface area contributed by atoms with Gasteiger partial charge in [-0.05, 0) is 61.7 Å². The van der Waals surface area contributed by atoms with Crippen LogP contribution in [0.1, 0.15) is 36.9 Å². The Balaban J connectivity index is 1.33. The number of hydrogen-bond acceptors (Lipinski definition) is 5. The second-order valence-electron chi connectivity index (χ2n) is 7.97. The van der Waals surface area contributed by atoms with E-state index < -0.39 is 16.1 Å². The highest BCUT2D eigenvalue weighted by molar-refractivity contribution is 7.91. The zero-order chi connectivity index (χ0) is 22.6. The molecule has 32 heavy (non-hydrogen) atoms. The molecule has 1 saturated heterocycles. The smallest absolute Gasteiger partial charge is 0.253 e. The molecular formula is C23H28N4O3S2. The Kier molecular flexibility index (Phi) is 7.07. The highest BCUT2D eigenvalue weighted by atomic mass is 32.2. The van der Waals surface area contributed by atoms with Crippen LogP contribution < -0.4 is 5.32 Å². The highest BCUT2D eigenvalue weighted by Gasteiger charge is 2.37. The van der Waals surface area contributed by atoms with Crippen molar-refractivity contribution in [1.29, 1.82) is 0 Å². The van der Waals surface area contributed by atoms with Gasteiger partial charge in [-0.15, -0.1) is 11.3 Å². The van der Waals surface area contributed by atoms with Gasteiger partial charge in [-0.2, -0.15) is 9.40 Å². The van der Waals surface area contributed by atoms with Crippen molar-refractivity contribution < 1.29 is 13.2 Å². The van der Waals surface area contributed by atoms with Gasteiger partial charge in [-0.1, -0.05) is 30.7 Å². The number of piperidine rings is 1. The maximum atomic E-state index is 13.0. The lowest BCUT2D eigenvalue weighted by molar-refractivity contribution is -0.125. The predicted octanol–water partition coefficient (Wildman–Crippen LogP) is 3.53. The van der Waals surface area contributed by atoms with Crippen LogP contribution in [0.15, 0.2) is 58.3 Å². The van der Waals surface area contributed by atoms with Crippen LogP contribution in [-0.2, 0) is 21.2 Å². The molecule has 1 aliphatic rings. The van der Waals surface area contributed by atoms with E-state index in [4.69, 9.17) is 0 Å². The van der Waals surface area contributed by atoms with Crippen molar-refractivity contribution in [2.24, 2.45) is 0 Å². The Bertz CT molecular complexity index is 1140. The Labute approximate surface area is 193 Å². The summed E-state index contributed by atoms with van der Waals surface area (Å²) in [6.07, 6.45) is 5.77. The Morgan fingerprint density at radius 1 is 1.19 bits per heavy atom. The fraction of sp³-hybridized carbons (Fsp3) is 0.391. The standard InChI is InChI=1S/C23H28N4O3S2/c1-18-19(17-26(25-18)20-10-3-2-4-11-20)9-7-14-24-23(28)21-12-5-6-15-27(21)32(29,30)22-13-8-16-31-22/h2-4,8,10-11,13,16-17,21H,5-7,9,12,14-15H2,1H3,(H,24,28). The maximum absolute atomic E-state index is 13.0. The molecule has 1 N–H and O–H groups in total. The third-order valence-corrected chi connectivity index (χ3v) is 9.04. The minimum atomic E-state index is -3.64. The Morgan fingerprint density at radius 2 is 2.00 bits per heavy atom. The molecule has 1 unspecified atom stereocenters. The van der Waals surface area contributed by atoms with E-state index in [1.165, 1.54) is 15.6 Å². The zero-order valence-corrected chi connectivity index (χ0v) is 19.7. The van der Waals surface area contributed by atoms with Crippen molar-refractivity contribution in [2.75, 3.05) is 13.1 Å². The average Bonchev–Trinajstić information content (AvgIpc) is 3.48. The van der Waals surface area contributed by atoms with E-state index >= 15 is 0 Å². The average molecular weight is 473 g/mol. The molecule has 1 amide bonds. The molecule has 1 fully saturated rings. The summed E-state index contributed by atoms with van der Waals surface area (Å²) in [6.45, 7) is 2.87. The quantitative estimate of drug-likeness (QED) is 0.508.